The van der Waals surface area contributed by atoms with Crippen molar-refractivity contribution in [2.45, 2.75) is 33.7 Å². The van der Waals surface area contributed by atoms with Crippen LogP contribution in [-0.4, -0.2) is 31.6 Å². The smallest absolute Gasteiger partial charge is 0.134 e. The molecule has 0 bridgehead atoms. The molecule has 0 saturated heterocycles. The highest BCUT2D eigenvalue weighted by molar-refractivity contribution is 5.77. The first-order valence-electron chi connectivity index (χ1n) is 7.79. The maximum absolute atomic E-state index is 6.02. The van der Waals surface area contributed by atoms with Crippen LogP contribution in [0.2, 0.25) is 0 Å². The zero-order chi connectivity index (χ0) is 15.5. The topological polar surface area (TPSA) is 28.4 Å². The van der Waals surface area contributed by atoms with Gasteiger partial charge >= 0.3 is 0 Å². The fourth-order valence-corrected chi connectivity index (χ4v) is 2.86. The molecular weight excluding hydrogens is 260 g/mol. The third-order valence-corrected chi connectivity index (χ3v) is 3.48. The molecule has 3 nitrogen and oxygen atoms in total. The summed E-state index contributed by atoms with van der Waals surface area (Å²) in [5, 5.41) is 4.72. The third-order valence-electron chi connectivity index (χ3n) is 3.48. The van der Waals surface area contributed by atoms with Crippen molar-refractivity contribution in [1.82, 2.24) is 10.2 Å². The summed E-state index contributed by atoms with van der Waals surface area (Å²) in [6.45, 7) is 11.9. The molecule has 2 rings (SSSR count). The molecule has 21 heavy (non-hydrogen) atoms. The molecule has 1 unspecified atom stereocenters. The summed E-state index contributed by atoms with van der Waals surface area (Å²) in [4.78, 5) is 2.38. The van der Waals surface area contributed by atoms with Gasteiger partial charge in [-0.1, -0.05) is 45.9 Å². The summed E-state index contributed by atoms with van der Waals surface area (Å²) in [6.07, 6.45) is 0. The quantitative estimate of drug-likeness (QED) is 0.869. The first kappa shape index (κ1) is 16.1. The molecule has 0 radical (unpaired) electrons. The van der Waals surface area contributed by atoms with Crippen LogP contribution in [0.5, 0.6) is 0 Å². The van der Waals surface area contributed by atoms with Crippen molar-refractivity contribution in [3.8, 4) is 0 Å². The second-order valence-electron chi connectivity index (χ2n) is 7.05. The number of fused-ring (bicyclic) bond motifs is 1. The fourth-order valence-electron chi connectivity index (χ4n) is 2.86. The second kappa shape index (κ2) is 6.63. The van der Waals surface area contributed by atoms with Crippen LogP contribution in [0.15, 0.2) is 34.7 Å². The number of rotatable bonds is 6. The van der Waals surface area contributed by atoms with Crippen LogP contribution in [0.3, 0.4) is 0 Å². The van der Waals surface area contributed by atoms with E-state index >= 15 is 0 Å². The van der Waals surface area contributed by atoms with Crippen molar-refractivity contribution < 1.29 is 4.42 Å². The van der Waals surface area contributed by atoms with Crippen LogP contribution in [-0.2, 0) is 0 Å². The average Bonchev–Trinajstić information content (AvgIpc) is 2.79. The summed E-state index contributed by atoms with van der Waals surface area (Å²) < 4.78 is 6.02. The minimum atomic E-state index is 0.231. The van der Waals surface area contributed by atoms with Gasteiger partial charge in [0.1, 0.15) is 11.3 Å². The second-order valence-corrected chi connectivity index (χ2v) is 7.05. The van der Waals surface area contributed by atoms with E-state index < -0.39 is 0 Å². The first-order chi connectivity index (χ1) is 9.89. The van der Waals surface area contributed by atoms with Crippen molar-refractivity contribution in [2.75, 3.05) is 26.7 Å². The van der Waals surface area contributed by atoms with E-state index in [0.717, 1.165) is 31.0 Å². The van der Waals surface area contributed by atoms with Crippen LogP contribution in [0.25, 0.3) is 11.0 Å². The van der Waals surface area contributed by atoms with E-state index in [1.54, 1.807) is 0 Å². The number of hydrogen-bond donors (Lipinski definition) is 1. The predicted molar refractivity (Wildman–Crippen MR) is 89.6 cm³/mol. The van der Waals surface area contributed by atoms with Gasteiger partial charge in [0.05, 0.1) is 6.04 Å². The lowest BCUT2D eigenvalue weighted by Gasteiger charge is -2.29. The Morgan fingerprint density at radius 1 is 1.24 bits per heavy atom. The summed E-state index contributed by atoms with van der Waals surface area (Å²) in [5.74, 6) is 1.03. The molecular formula is C18H28N2O. The molecule has 1 atom stereocenters. The third kappa shape index (κ3) is 4.58. The Morgan fingerprint density at radius 2 is 1.95 bits per heavy atom. The van der Waals surface area contributed by atoms with Crippen molar-refractivity contribution in [3.63, 3.8) is 0 Å². The zero-order valence-electron chi connectivity index (χ0n) is 13.9. The van der Waals surface area contributed by atoms with Crippen LogP contribution in [0, 0.1) is 5.41 Å². The van der Waals surface area contributed by atoms with Gasteiger partial charge in [-0.05, 0) is 31.1 Å². The number of furan rings is 1. The van der Waals surface area contributed by atoms with Gasteiger partial charge in [-0.15, -0.1) is 0 Å². The molecule has 1 N–H and O–H groups in total. The standard InChI is InChI=1S/C18H28N2O/c1-6-19-15(12-20(5)13-18(2,3)4)17-11-14-9-7-8-10-16(14)21-17/h7-11,15,19H,6,12-13H2,1-5H3. The van der Waals surface area contributed by atoms with Gasteiger partial charge in [0.15, 0.2) is 0 Å². The van der Waals surface area contributed by atoms with E-state index in [1.165, 1.54) is 5.39 Å². The monoisotopic (exact) mass is 288 g/mol. The summed E-state index contributed by atoms with van der Waals surface area (Å²) in [7, 11) is 2.18. The highest BCUT2D eigenvalue weighted by Crippen LogP contribution is 2.25. The Kier molecular flexibility index (Phi) is 5.07. The van der Waals surface area contributed by atoms with Crippen LogP contribution >= 0.6 is 0 Å². The van der Waals surface area contributed by atoms with Gasteiger partial charge in [-0.3, -0.25) is 0 Å². The van der Waals surface area contributed by atoms with Crippen LogP contribution in [0.4, 0.5) is 0 Å². The Morgan fingerprint density at radius 3 is 2.57 bits per heavy atom. The number of hydrogen-bond acceptors (Lipinski definition) is 3. The van der Waals surface area contributed by atoms with Gasteiger partial charge in [0, 0.05) is 18.5 Å². The number of para-hydroxylation sites is 1. The van der Waals surface area contributed by atoms with Crippen LogP contribution in [0.1, 0.15) is 39.5 Å². The van der Waals surface area contributed by atoms with Gasteiger partial charge in [-0.25, -0.2) is 0 Å². The minimum absolute atomic E-state index is 0.231. The molecule has 0 fully saturated rings. The first-order valence-corrected chi connectivity index (χ1v) is 7.79. The molecule has 0 aliphatic heterocycles. The maximum atomic E-state index is 6.02. The number of nitrogens with one attached hydrogen (secondary N) is 1. The van der Waals surface area contributed by atoms with Crippen molar-refractivity contribution in [1.29, 1.82) is 0 Å². The molecule has 1 aromatic carbocycles. The summed E-state index contributed by atoms with van der Waals surface area (Å²) in [6, 6.07) is 10.6. The van der Waals surface area contributed by atoms with E-state index in [0.29, 0.717) is 5.41 Å². The molecule has 116 valence electrons. The molecule has 0 spiro atoms. The van der Waals surface area contributed by atoms with E-state index in [4.69, 9.17) is 4.42 Å². The largest absolute Gasteiger partial charge is 0.459 e. The molecule has 0 aliphatic carbocycles. The summed E-state index contributed by atoms with van der Waals surface area (Å²) in [5.41, 5.74) is 1.27. The molecule has 1 heterocycles. The molecule has 2 aromatic rings. The van der Waals surface area contributed by atoms with E-state index in [1.807, 2.05) is 12.1 Å². The van der Waals surface area contributed by atoms with Gasteiger partial charge in [-0.2, -0.15) is 0 Å². The number of likely N-dealkylation sites (N-methyl/N-ethyl adjacent to an activating group) is 2. The predicted octanol–water partition coefficient (Wildman–Crippen LogP) is 4.06. The van der Waals surface area contributed by atoms with Crippen molar-refractivity contribution in [3.05, 3.63) is 36.1 Å². The van der Waals surface area contributed by atoms with Crippen molar-refractivity contribution in [2.24, 2.45) is 5.41 Å². The van der Waals surface area contributed by atoms with Gasteiger partial charge < -0.3 is 14.6 Å². The van der Waals surface area contributed by atoms with Crippen LogP contribution < -0.4 is 5.32 Å². The molecule has 1 aromatic heterocycles. The fraction of sp³-hybridized carbons (Fsp3) is 0.556. The number of benzene rings is 1. The lowest BCUT2D eigenvalue weighted by Crippen LogP contribution is -2.37. The van der Waals surface area contributed by atoms with E-state index in [9.17, 15) is 0 Å². The highest BCUT2D eigenvalue weighted by Gasteiger charge is 2.20. The Bertz CT molecular complexity index is 535. The zero-order valence-corrected chi connectivity index (χ0v) is 13.9. The minimum Gasteiger partial charge on any atom is -0.459 e. The Balaban J connectivity index is 2.14. The van der Waals surface area contributed by atoms with Gasteiger partial charge in [0.2, 0.25) is 0 Å². The molecule has 0 saturated carbocycles. The number of nitrogens with zero attached hydrogens (tertiary/aromatic N) is 1. The maximum Gasteiger partial charge on any atom is 0.134 e. The van der Waals surface area contributed by atoms with E-state index in [2.05, 4.69) is 63.2 Å². The lowest BCUT2D eigenvalue weighted by atomic mass is 9.96. The molecule has 3 heteroatoms. The van der Waals surface area contributed by atoms with Crippen molar-refractivity contribution >= 4 is 11.0 Å². The lowest BCUT2D eigenvalue weighted by molar-refractivity contribution is 0.202. The molecule has 0 aliphatic rings. The highest BCUT2D eigenvalue weighted by atomic mass is 16.3. The Labute approximate surface area is 128 Å². The Hall–Kier alpha value is -1.32. The summed E-state index contributed by atoms with van der Waals surface area (Å²) >= 11 is 0. The normalized spacial score (nSPS) is 14.0. The SMILES string of the molecule is CCNC(CN(C)CC(C)(C)C)c1cc2ccccc2o1. The van der Waals surface area contributed by atoms with Gasteiger partial charge in [0.25, 0.3) is 0 Å². The average molecular weight is 288 g/mol. The molecule has 0 amide bonds. The van der Waals surface area contributed by atoms with E-state index in [-0.39, 0.29) is 6.04 Å².